The fourth-order valence-electron chi connectivity index (χ4n) is 2.34. The Kier molecular flexibility index (Phi) is 3.81. The molecule has 2 heterocycles. The predicted molar refractivity (Wildman–Crippen MR) is 80.6 cm³/mol. The highest BCUT2D eigenvalue weighted by Gasteiger charge is 2.13. The molecule has 0 fully saturated rings. The van der Waals surface area contributed by atoms with Crippen molar-refractivity contribution in [3.63, 3.8) is 0 Å². The molecule has 3 aromatic rings. The maximum Gasteiger partial charge on any atom is 0.137 e. The largest absolute Gasteiger partial charge is 0.495 e. The third kappa shape index (κ3) is 2.72. The molecule has 6 heteroatoms. The minimum absolute atomic E-state index is 0.0785. The van der Waals surface area contributed by atoms with Crippen molar-refractivity contribution < 1.29 is 4.74 Å². The summed E-state index contributed by atoms with van der Waals surface area (Å²) in [4.78, 5) is 8.56. The monoisotopic (exact) mass is 283 g/mol. The molecule has 0 aliphatic heterocycles. The standard InChI is InChI=1S/C15H17N5O/c1-21-12-6-11(7-17-8-12)14(19-16)9-20-10-18-13-4-2-3-5-15(13)20/h2-8,10,14,19H,9,16H2,1H3. The zero-order valence-electron chi connectivity index (χ0n) is 11.7. The quantitative estimate of drug-likeness (QED) is 0.550. The van der Waals surface area contributed by atoms with E-state index in [0.29, 0.717) is 12.3 Å². The molecular weight excluding hydrogens is 266 g/mol. The Balaban J connectivity index is 1.90. The van der Waals surface area contributed by atoms with E-state index in [2.05, 4.69) is 20.0 Å². The van der Waals surface area contributed by atoms with Gasteiger partial charge in [0, 0.05) is 12.7 Å². The smallest absolute Gasteiger partial charge is 0.137 e. The van der Waals surface area contributed by atoms with Gasteiger partial charge in [0.05, 0.1) is 36.7 Å². The van der Waals surface area contributed by atoms with Crippen LogP contribution in [0.2, 0.25) is 0 Å². The van der Waals surface area contributed by atoms with Crippen molar-refractivity contribution in [3.05, 3.63) is 54.6 Å². The van der Waals surface area contributed by atoms with E-state index in [1.165, 1.54) is 0 Å². The molecule has 3 rings (SSSR count). The molecule has 0 amide bonds. The summed E-state index contributed by atoms with van der Waals surface area (Å²) in [6, 6.07) is 9.86. The van der Waals surface area contributed by atoms with Crippen molar-refractivity contribution >= 4 is 11.0 Å². The van der Waals surface area contributed by atoms with Crippen LogP contribution in [0.4, 0.5) is 0 Å². The van der Waals surface area contributed by atoms with Gasteiger partial charge >= 0.3 is 0 Å². The van der Waals surface area contributed by atoms with E-state index in [0.717, 1.165) is 16.6 Å². The Labute approximate surface area is 122 Å². The topological polar surface area (TPSA) is 78.0 Å². The summed E-state index contributed by atoms with van der Waals surface area (Å²) in [6.45, 7) is 0.659. The van der Waals surface area contributed by atoms with Gasteiger partial charge in [-0.15, -0.1) is 0 Å². The first-order valence-electron chi connectivity index (χ1n) is 6.66. The number of rotatable bonds is 5. The molecule has 0 aliphatic carbocycles. The van der Waals surface area contributed by atoms with E-state index in [-0.39, 0.29) is 6.04 Å². The lowest BCUT2D eigenvalue weighted by Gasteiger charge is -2.17. The minimum atomic E-state index is -0.0785. The molecule has 3 N–H and O–H groups in total. The number of hydrazine groups is 1. The van der Waals surface area contributed by atoms with Gasteiger partial charge in [0.1, 0.15) is 5.75 Å². The Morgan fingerprint density at radius 3 is 3.00 bits per heavy atom. The van der Waals surface area contributed by atoms with Crippen LogP contribution in [0.3, 0.4) is 0 Å². The average Bonchev–Trinajstić information content (AvgIpc) is 2.95. The van der Waals surface area contributed by atoms with Gasteiger partial charge in [-0.3, -0.25) is 16.3 Å². The summed E-state index contributed by atoms with van der Waals surface area (Å²) >= 11 is 0. The molecule has 2 aromatic heterocycles. The van der Waals surface area contributed by atoms with Crippen LogP contribution < -0.4 is 16.0 Å². The number of benzene rings is 1. The van der Waals surface area contributed by atoms with Crippen molar-refractivity contribution in [3.8, 4) is 5.75 Å². The number of nitrogens with zero attached hydrogens (tertiary/aromatic N) is 3. The minimum Gasteiger partial charge on any atom is -0.495 e. The second-order valence-corrected chi connectivity index (χ2v) is 4.76. The van der Waals surface area contributed by atoms with Crippen LogP contribution in [0.25, 0.3) is 11.0 Å². The Bertz CT molecular complexity index is 740. The van der Waals surface area contributed by atoms with E-state index < -0.39 is 0 Å². The molecule has 0 radical (unpaired) electrons. The number of fused-ring (bicyclic) bond motifs is 1. The van der Waals surface area contributed by atoms with E-state index in [1.54, 1.807) is 19.5 Å². The normalized spacial score (nSPS) is 12.5. The second kappa shape index (κ2) is 5.90. The first-order valence-corrected chi connectivity index (χ1v) is 6.66. The molecule has 1 aromatic carbocycles. The third-order valence-corrected chi connectivity index (χ3v) is 3.48. The summed E-state index contributed by atoms with van der Waals surface area (Å²) in [6.07, 6.45) is 5.28. The maximum absolute atomic E-state index is 5.70. The van der Waals surface area contributed by atoms with Crippen LogP contribution in [0, 0.1) is 0 Å². The number of imidazole rings is 1. The van der Waals surface area contributed by atoms with Gasteiger partial charge in [0.25, 0.3) is 0 Å². The van der Waals surface area contributed by atoms with Crippen molar-refractivity contribution in [1.82, 2.24) is 20.0 Å². The zero-order valence-corrected chi connectivity index (χ0v) is 11.7. The van der Waals surface area contributed by atoms with Crippen LogP contribution in [0.15, 0.2) is 49.1 Å². The van der Waals surface area contributed by atoms with Gasteiger partial charge in [-0.2, -0.15) is 0 Å². The first-order chi connectivity index (χ1) is 10.3. The van der Waals surface area contributed by atoms with E-state index in [9.17, 15) is 0 Å². The Morgan fingerprint density at radius 1 is 1.33 bits per heavy atom. The van der Waals surface area contributed by atoms with Crippen LogP contribution in [-0.2, 0) is 6.54 Å². The molecule has 0 spiro atoms. The maximum atomic E-state index is 5.70. The van der Waals surface area contributed by atoms with Crippen molar-refractivity contribution in [1.29, 1.82) is 0 Å². The zero-order chi connectivity index (χ0) is 14.7. The molecule has 6 nitrogen and oxygen atoms in total. The molecule has 0 saturated carbocycles. The summed E-state index contributed by atoms with van der Waals surface area (Å²) in [7, 11) is 1.62. The fraction of sp³-hybridized carbons (Fsp3) is 0.200. The lowest BCUT2D eigenvalue weighted by molar-refractivity contribution is 0.409. The summed E-state index contributed by atoms with van der Waals surface area (Å²) in [5.74, 6) is 6.42. The van der Waals surface area contributed by atoms with E-state index in [4.69, 9.17) is 10.6 Å². The first kappa shape index (κ1) is 13.5. The van der Waals surface area contributed by atoms with Crippen LogP contribution in [0.5, 0.6) is 5.75 Å². The number of methoxy groups -OCH3 is 1. The highest BCUT2D eigenvalue weighted by Crippen LogP contribution is 2.20. The summed E-state index contributed by atoms with van der Waals surface area (Å²) in [5.41, 5.74) is 5.84. The molecule has 1 atom stereocenters. The van der Waals surface area contributed by atoms with Crippen molar-refractivity contribution in [2.45, 2.75) is 12.6 Å². The van der Waals surface area contributed by atoms with Crippen molar-refractivity contribution in [2.24, 2.45) is 5.84 Å². The molecule has 0 aliphatic rings. The second-order valence-electron chi connectivity index (χ2n) is 4.76. The molecule has 1 unspecified atom stereocenters. The molecule has 0 bridgehead atoms. The number of para-hydroxylation sites is 2. The Hall–Kier alpha value is -2.44. The van der Waals surface area contributed by atoms with Gasteiger partial charge in [-0.05, 0) is 23.8 Å². The van der Waals surface area contributed by atoms with Crippen LogP contribution >= 0.6 is 0 Å². The Morgan fingerprint density at radius 2 is 2.19 bits per heavy atom. The van der Waals surface area contributed by atoms with Gasteiger partial charge in [0.15, 0.2) is 0 Å². The average molecular weight is 283 g/mol. The van der Waals surface area contributed by atoms with Gasteiger partial charge in [0.2, 0.25) is 0 Å². The SMILES string of the molecule is COc1cncc(C(Cn2cnc3ccccc32)NN)c1. The summed E-state index contributed by atoms with van der Waals surface area (Å²) in [5, 5.41) is 0. The predicted octanol–water partition coefficient (Wildman–Crippen LogP) is 1.64. The number of pyridine rings is 1. The molecule has 0 saturated heterocycles. The van der Waals surface area contributed by atoms with Crippen molar-refractivity contribution in [2.75, 3.05) is 7.11 Å². The number of nitrogens with two attached hydrogens (primary N) is 1. The number of ether oxygens (including phenoxy) is 1. The molecule has 108 valence electrons. The number of aromatic nitrogens is 3. The summed E-state index contributed by atoms with van der Waals surface area (Å²) < 4.78 is 7.27. The molecule has 21 heavy (non-hydrogen) atoms. The van der Waals surface area contributed by atoms with Gasteiger partial charge < -0.3 is 9.30 Å². The number of hydrogen-bond acceptors (Lipinski definition) is 5. The van der Waals surface area contributed by atoms with Gasteiger partial charge in [-0.25, -0.2) is 4.98 Å². The van der Waals surface area contributed by atoms with Gasteiger partial charge in [-0.1, -0.05) is 12.1 Å². The van der Waals surface area contributed by atoms with E-state index in [1.807, 2.05) is 36.7 Å². The highest BCUT2D eigenvalue weighted by atomic mass is 16.5. The van der Waals surface area contributed by atoms with E-state index >= 15 is 0 Å². The lowest BCUT2D eigenvalue weighted by Crippen LogP contribution is -2.31. The number of hydrogen-bond donors (Lipinski definition) is 2. The lowest BCUT2D eigenvalue weighted by atomic mass is 10.1. The third-order valence-electron chi connectivity index (χ3n) is 3.48. The number of nitrogens with one attached hydrogen (secondary N) is 1. The van der Waals surface area contributed by atoms with Crippen LogP contribution in [0.1, 0.15) is 11.6 Å². The molecular formula is C15H17N5O. The van der Waals surface area contributed by atoms with Crippen LogP contribution in [-0.4, -0.2) is 21.6 Å². The fourth-order valence-corrected chi connectivity index (χ4v) is 2.34. The highest BCUT2D eigenvalue weighted by molar-refractivity contribution is 5.74.